The first kappa shape index (κ1) is 18.8. The van der Waals surface area contributed by atoms with Crippen LogP contribution in [-0.2, 0) is 14.6 Å². The van der Waals surface area contributed by atoms with E-state index in [1.165, 1.54) is 21.2 Å². The number of benzene rings is 2. The minimum Gasteiger partial charge on any atom is -0.338 e. The summed E-state index contributed by atoms with van der Waals surface area (Å²) in [6.07, 6.45) is 0. The van der Waals surface area contributed by atoms with E-state index in [-0.39, 0.29) is 6.04 Å². The standard InChI is InChI=1S/C15H16N2S.CH4O4S/c1-11(16)10-17-12-6-2-4-8-14(12)18-15-9-5-3-7-13(15)17;1-5-6(2,3)4/h2-9,11H,10,16H2,1H3;1H3,(H,2,3,4). The highest BCUT2D eigenvalue weighted by atomic mass is 32.3. The second-order valence-corrected chi connectivity index (χ2v) is 7.49. The SMILES string of the molecule is CC(N)CN1c2ccccc2Sc2ccccc21.COS(=O)(=O)O. The monoisotopic (exact) mass is 368 g/mol. The fourth-order valence-electron chi connectivity index (χ4n) is 2.27. The molecule has 0 saturated carbocycles. The van der Waals surface area contributed by atoms with Crippen LogP contribution in [0.25, 0.3) is 0 Å². The molecule has 0 aromatic heterocycles. The molecule has 1 atom stereocenters. The first-order valence-corrected chi connectivity index (χ1v) is 9.42. The van der Waals surface area contributed by atoms with E-state index in [9.17, 15) is 8.42 Å². The Morgan fingerprint density at radius 3 is 1.92 bits per heavy atom. The summed E-state index contributed by atoms with van der Waals surface area (Å²) in [5.74, 6) is 0. The van der Waals surface area contributed by atoms with Gasteiger partial charge < -0.3 is 10.6 Å². The molecule has 0 saturated heterocycles. The third kappa shape index (κ3) is 4.96. The predicted octanol–water partition coefficient (Wildman–Crippen LogP) is 3.07. The van der Waals surface area contributed by atoms with E-state index in [2.05, 4.69) is 57.6 Å². The normalized spacial score (nSPS) is 14.1. The third-order valence-corrected chi connectivity index (χ3v) is 4.76. The second kappa shape index (κ2) is 8.00. The fourth-order valence-corrected chi connectivity index (χ4v) is 3.36. The van der Waals surface area contributed by atoms with Crippen LogP contribution in [0.15, 0.2) is 58.3 Å². The summed E-state index contributed by atoms with van der Waals surface area (Å²) in [4.78, 5) is 4.93. The van der Waals surface area contributed by atoms with Crippen LogP contribution in [0.3, 0.4) is 0 Å². The van der Waals surface area contributed by atoms with E-state index in [1.54, 1.807) is 0 Å². The zero-order chi connectivity index (χ0) is 17.7. The van der Waals surface area contributed by atoms with Crippen molar-refractivity contribution in [3.63, 3.8) is 0 Å². The van der Waals surface area contributed by atoms with Gasteiger partial charge in [0.1, 0.15) is 0 Å². The molecule has 2 aromatic carbocycles. The number of rotatable bonds is 3. The van der Waals surface area contributed by atoms with Gasteiger partial charge in [-0.25, -0.2) is 0 Å². The van der Waals surface area contributed by atoms with Crippen LogP contribution < -0.4 is 10.6 Å². The molecule has 1 unspecified atom stereocenters. The summed E-state index contributed by atoms with van der Waals surface area (Å²) in [5.41, 5.74) is 8.51. The van der Waals surface area contributed by atoms with E-state index >= 15 is 0 Å². The Kier molecular flexibility index (Phi) is 6.25. The Bertz CT molecular complexity index is 749. The summed E-state index contributed by atoms with van der Waals surface area (Å²) in [6.45, 7) is 2.89. The lowest BCUT2D eigenvalue weighted by molar-refractivity contribution is 0.324. The zero-order valence-electron chi connectivity index (χ0n) is 13.4. The number of fused-ring (bicyclic) bond motifs is 2. The fraction of sp³-hybridized carbons (Fsp3) is 0.250. The zero-order valence-corrected chi connectivity index (χ0v) is 15.0. The highest BCUT2D eigenvalue weighted by Crippen LogP contribution is 2.47. The van der Waals surface area contributed by atoms with E-state index in [0.717, 1.165) is 13.7 Å². The van der Waals surface area contributed by atoms with Gasteiger partial charge in [-0.2, -0.15) is 8.42 Å². The number of nitrogens with zero attached hydrogens (tertiary/aromatic N) is 1. The maximum atomic E-state index is 9.33. The molecular formula is C16H20N2O4S2. The molecule has 130 valence electrons. The molecule has 0 fully saturated rings. The molecule has 0 radical (unpaired) electrons. The van der Waals surface area contributed by atoms with Gasteiger partial charge in [0.2, 0.25) is 0 Å². The largest absolute Gasteiger partial charge is 0.397 e. The van der Waals surface area contributed by atoms with Crippen molar-refractivity contribution in [2.45, 2.75) is 22.8 Å². The van der Waals surface area contributed by atoms with Crippen LogP contribution in [0.2, 0.25) is 0 Å². The molecule has 0 bridgehead atoms. The Hall–Kier alpha value is -1.58. The average molecular weight is 368 g/mol. The minimum atomic E-state index is -4.16. The molecule has 24 heavy (non-hydrogen) atoms. The van der Waals surface area contributed by atoms with Crippen molar-refractivity contribution < 1.29 is 17.2 Å². The van der Waals surface area contributed by atoms with Crippen molar-refractivity contribution in [2.75, 3.05) is 18.6 Å². The quantitative estimate of drug-likeness (QED) is 0.804. The molecule has 1 heterocycles. The predicted molar refractivity (Wildman–Crippen MR) is 96.2 cm³/mol. The topological polar surface area (TPSA) is 92.9 Å². The maximum absolute atomic E-state index is 9.33. The summed E-state index contributed by atoms with van der Waals surface area (Å²) in [7, 11) is -3.29. The molecule has 6 nitrogen and oxygen atoms in total. The van der Waals surface area contributed by atoms with Crippen LogP contribution in [0.1, 0.15) is 6.92 Å². The minimum absolute atomic E-state index is 0.147. The summed E-state index contributed by atoms with van der Waals surface area (Å²) in [5, 5.41) is 0. The summed E-state index contributed by atoms with van der Waals surface area (Å²) < 4.78 is 29.7. The van der Waals surface area contributed by atoms with Crippen molar-refractivity contribution in [1.82, 2.24) is 0 Å². The Morgan fingerprint density at radius 1 is 1.12 bits per heavy atom. The van der Waals surface area contributed by atoms with Crippen LogP contribution >= 0.6 is 11.8 Å². The molecule has 2 aromatic rings. The molecule has 3 rings (SSSR count). The van der Waals surface area contributed by atoms with Gasteiger partial charge in [0, 0.05) is 22.4 Å². The number of nitrogens with two attached hydrogens (primary N) is 1. The van der Waals surface area contributed by atoms with Gasteiger partial charge in [-0.15, -0.1) is 0 Å². The van der Waals surface area contributed by atoms with Crippen molar-refractivity contribution in [3.8, 4) is 0 Å². The van der Waals surface area contributed by atoms with Gasteiger partial charge in [-0.3, -0.25) is 8.74 Å². The second-order valence-electron chi connectivity index (χ2n) is 5.22. The number of para-hydroxylation sites is 2. The Balaban J connectivity index is 0.000000301. The highest BCUT2D eigenvalue weighted by molar-refractivity contribution is 7.99. The van der Waals surface area contributed by atoms with Gasteiger partial charge in [-0.1, -0.05) is 36.0 Å². The van der Waals surface area contributed by atoms with Gasteiger partial charge >= 0.3 is 10.4 Å². The van der Waals surface area contributed by atoms with E-state index in [1.807, 2.05) is 18.7 Å². The van der Waals surface area contributed by atoms with Gasteiger partial charge in [0.15, 0.2) is 0 Å². The summed E-state index contributed by atoms with van der Waals surface area (Å²) >= 11 is 1.83. The molecular weight excluding hydrogens is 348 g/mol. The molecule has 3 N–H and O–H groups in total. The maximum Gasteiger partial charge on any atom is 0.397 e. The van der Waals surface area contributed by atoms with Crippen LogP contribution in [-0.4, -0.2) is 32.7 Å². The third-order valence-electron chi connectivity index (χ3n) is 3.21. The molecule has 1 aliphatic heterocycles. The molecule has 0 spiro atoms. The molecule has 1 aliphatic rings. The number of hydrogen-bond donors (Lipinski definition) is 2. The lowest BCUT2D eigenvalue weighted by Gasteiger charge is -2.33. The van der Waals surface area contributed by atoms with Crippen LogP contribution in [0.4, 0.5) is 11.4 Å². The van der Waals surface area contributed by atoms with Gasteiger partial charge in [-0.05, 0) is 31.2 Å². The smallest absolute Gasteiger partial charge is 0.338 e. The Labute approximate surface area is 146 Å². The molecule has 0 aliphatic carbocycles. The average Bonchev–Trinajstić information content (AvgIpc) is 2.54. The first-order valence-electron chi connectivity index (χ1n) is 7.24. The molecule has 8 heteroatoms. The van der Waals surface area contributed by atoms with Crippen LogP contribution in [0, 0.1) is 0 Å². The first-order chi connectivity index (χ1) is 11.3. The lowest BCUT2D eigenvalue weighted by Crippen LogP contribution is -2.33. The lowest BCUT2D eigenvalue weighted by atomic mass is 10.2. The summed E-state index contributed by atoms with van der Waals surface area (Å²) in [6, 6.07) is 17.2. The Morgan fingerprint density at radius 2 is 1.54 bits per heavy atom. The van der Waals surface area contributed by atoms with Crippen molar-refractivity contribution in [1.29, 1.82) is 0 Å². The van der Waals surface area contributed by atoms with Crippen LogP contribution in [0.5, 0.6) is 0 Å². The van der Waals surface area contributed by atoms with Crippen molar-refractivity contribution in [2.24, 2.45) is 5.73 Å². The number of anilines is 2. The van der Waals surface area contributed by atoms with E-state index in [4.69, 9.17) is 10.3 Å². The van der Waals surface area contributed by atoms with Gasteiger partial charge in [0.05, 0.1) is 18.5 Å². The van der Waals surface area contributed by atoms with E-state index in [0.29, 0.717) is 0 Å². The van der Waals surface area contributed by atoms with Crippen molar-refractivity contribution in [3.05, 3.63) is 48.5 Å². The molecule has 0 amide bonds. The van der Waals surface area contributed by atoms with E-state index < -0.39 is 10.4 Å². The highest BCUT2D eigenvalue weighted by Gasteiger charge is 2.22. The van der Waals surface area contributed by atoms with Gasteiger partial charge in [0.25, 0.3) is 0 Å². The van der Waals surface area contributed by atoms with Crippen molar-refractivity contribution >= 4 is 33.5 Å². The number of hydrogen-bond acceptors (Lipinski definition) is 6.